The van der Waals surface area contributed by atoms with Gasteiger partial charge >= 0.3 is 0 Å². The van der Waals surface area contributed by atoms with Crippen LogP contribution in [0, 0.1) is 11.3 Å². The SMILES string of the molecule is CC(C)(C)SCC(=O)NCc1cccc(C#N)c1. The molecule has 1 rings (SSSR count). The van der Waals surface area contributed by atoms with Gasteiger partial charge in [0.1, 0.15) is 0 Å². The van der Waals surface area contributed by atoms with Gasteiger partial charge in [0.15, 0.2) is 0 Å². The van der Waals surface area contributed by atoms with Crippen molar-refractivity contribution in [3.63, 3.8) is 0 Å². The van der Waals surface area contributed by atoms with Crippen molar-refractivity contribution in [2.45, 2.75) is 32.1 Å². The van der Waals surface area contributed by atoms with Crippen molar-refractivity contribution in [2.24, 2.45) is 0 Å². The zero-order chi connectivity index (χ0) is 13.6. The highest BCUT2D eigenvalue weighted by molar-refractivity contribution is 8.01. The van der Waals surface area contributed by atoms with E-state index in [1.165, 1.54) is 0 Å². The third-order valence-corrected chi connectivity index (χ3v) is 3.45. The fraction of sp³-hybridized carbons (Fsp3) is 0.429. The standard InChI is InChI=1S/C14H18N2OS/c1-14(2,3)18-10-13(17)16-9-12-6-4-5-11(7-12)8-15/h4-7H,9-10H2,1-3H3,(H,16,17). The molecule has 3 nitrogen and oxygen atoms in total. The van der Waals surface area contributed by atoms with Crippen molar-refractivity contribution in [1.29, 1.82) is 5.26 Å². The molecule has 0 aliphatic carbocycles. The maximum atomic E-state index is 11.6. The Morgan fingerprint density at radius 2 is 2.17 bits per heavy atom. The second-order valence-corrected chi connectivity index (χ2v) is 6.79. The van der Waals surface area contributed by atoms with Crippen LogP contribution < -0.4 is 5.32 Å². The van der Waals surface area contributed by atoms with Gasteiger partial charge < -0.3 is 5.32 Å². The van der Waals surface area contributed by atoms with E-state index in [1.807, 2.05) is 12.1 Å². The highest BCUT2D eigenvalue weighted by Crippen LogP contribution is 2.22. The molecule has 0 saturated heterocycles. The Balaban J connectivity index is 2.41. The molecule has 1 amide bonds. The first-order chi connectivity index (χ1) is 8.40. The Kier molecular flexibility index (Phi) is 5.24. The minimum Gasteiger partial charge on any atom is -0.351 e. The van der Waals surface area contributed by atoms with Gasteiger partial charge in [-0.1, -0.05) is 32.9 Å². The predicted octanol–water partition coefficient (Wildman–Crippen LogP) is 2.71. The predicted molar refractivity (Wildman–Crippen MR) is 75.2 cm³/mol. The van der Waals surface area contributed by atoms with E-state index < -0.39 is 0 Å². The summed E-state index contributed by atoms with van der Waals surface area (Å²) in [5.74, 6) is 0.485. The molecule has 0 spiro atoms. The Labute approximate surface area is 113 Å². The van der Waals surface area contributed by atoms with Crippen LogP contribution in [0.4, 0.5) is 0 Å². The van der Waals surface area contributed by atoms with Crippen molar-refractivity contribution in [2.75, 3.05) is 5.75 Å². The van der Waals surface area contributed by atoms with Gasteiger partial charge in [-0.05, 0) is 17.7 Å². The number of thioether (sulfide) groups is 1. The van der Waals surface area contributed by atoms with E-state index in [1.54, 1.807) is 23.9 Å². The third kappa shape index (κ3) is 5.74. The summed E-state index contributed by atoms with van der Waals surface area (Å²) >= 11 is 1.62. The van der Waals surface area contributed by atoms with Crippen LogP contribution in [-0.4, -0.2) is 16.4 Å². The number of rotatable bonds is 4. The topological polar surface area (TPSA) is 52.9 Å². The first kappa shape index (κ1) is 14.6. The van der Waals surface area contributed by atoms with Crippen LogP contribution in [0.3, 0.4) is 0 Å². The molecule has 0 atom stereocenters. The van der Waals surface area contributed by atoms with Gasteiger partial charge in [0, 0.05) is 11.3 Å². The molecule has 1 aromatic rings. The Morgan fingerprint density at radius 1 is 1.44 bits per heavy atom. The molecule has 4 heteroatoms. The molecule has 96 valence electrons. The van der Waals surface area contributed by atoms with Crippen molar-refractivity contribution in [3.05, 3.63) is 35.4 Å². The van der Waals surface area contributed by atoms with Gasteiger partial charge in [-0.2, -0.15) is 5.26 Å². The van der Waals surface area contributed by atoms with Gasteiger partial charge in [0.05, 0.1) is 17.4 Å². The van der Waals surface area contributed by atoms with Crippen LogP contribution in [0.1, 0.15) is 31.9 Å². The van der Waals surface area contributed by atoms with E-state index in [0.29, 0.717) is 17.9 Å². The maximum Gasteiger partial charge on any atom is 0.230 e. The number of nitrogens with one attached hydrogen (secondary N) is 1. The molecule has 0 radical (unpaired) electrons. The Bertz CT molecular complexity index is 458. The number of hydrogen-bond donors (Lipinski definition) is 1. The average molecular weight is 262 g/mol. The summed E-state index contributed by atoms with van der Waals surface area (Å²) in [5.41, 5.74) is 1.56. The molecule has 0 bridgehead atoms. The molecular formula is C14H18N2OS. The molecular weight excluding hydrogens is 244 g/mol. The van der Waals surface area contributed by atoms with Crippen molar-refractivity contribution in [1.82, 2.24) is 5.32 Å². The molecule has 0 heterocycles. The number of nitriles is 1. The van der Waals surface area contributed by atoms with E-state index in [2.05, 4.69) is 32.2 Å². The smallest absolute Gasteiger partial charge is 0.230 e. The largest absolute Gasteiger partial charge is 0.351 e. The maximum absolute atomic E-state index is 11.6. The van der Waals surface area contributed by atoms with Gasteiger partial charge in [-0.3, -0.25) is 4.79 Å². The molecule has 0 aliphatic rings. The monoisotopic (exact) mass is 262 g/mol. The second kappa shape index (κ2) is 6.46. The number of amides is 1. The van der Waals surface area contributed by atoms with E-state index in [-0.39, 0.29) is 10.7 Å². The quantitative estimate of drug-likeness (QED) is 0.907. The van der Waals surface area contributed by atoms with Gasteiger partial charge in [0.25, 0.3) is 0 Å². The van der Waals surface area contributed by atoms with Gasteiger partial charge in [0.2, 0.25) is 5.91 Å². The molecule has 0 fully saturated rings. The lowest BCUT2D eigenvalue weighted by Crippen LogP contribution is -2.26. The summed E-state index contributed by atoms with van der Waals surface area (Å²) in [6.07, 6.45) is 0. The third-order valence-electron chi connectivity index (χ3n) is 2.18. The molecule has 18 heavy (non-hydrogen) atoms. The highest BCUT2D eigenvalue weighted by Gasteiger charge is 2.12. The number of hydrogen-bond acceptors (Lipinski definition) is 3. The average Bonchev–Trinajstić information content (AvgIpc) is 2.33. The minimum atomic E-state index is 0.0253. The van der Waals surface area contributed by atoms with Crippen molar-refractivity contribution in [3.8, 4) is 6.07 Å². The number of carbonyl (C=O) groups excluding carboxylic acids is 1. The van der Waals surface area contributed by atoms with E-state index in [4.69, 9.17) is 5.26 Å². The lowest BCUT2D eigenvalue weighted by Gasteiger charge is -2.17. The molecule has 1 aromatic carbocycles. The molecule has 0 aromatic heterocycles. The molecule has 1 N–H and O–H groups in total. The number of benzene rings is 1. The second-order valence-electron chi connectivity index (χ2n) is 4.99. The van der Waals surface area contributed by atoms with E-state index in [9.17, 15) is 4.79 Å². The lowest BCUT2D eigenvalue weighted by atomic mass is 10.1. The zero-order valence-corrected chi connectivity index (χ0v) is 11.8. The first-order valence-corrected chi connectivity index (χ1v) is 6.79. The summed E-state index contributed by atoms with van der Waals surface area (Å²) in [4.78, 5) is 11.6. The van der Waals surface area contributed by atoms with Crippen molar-refractivity contribution < 1.29 is 4.79 Å². The summed E-state index contributed by atoms with van der Waals surface area (Å²) in [7, 11) is 0. The molecule has 0 aliphatic heterocycles. The zero-order valence-electron chi connectivity index (χ0n) is 11.0. The van der Waals surface area contributed by atoms with Crippen LogP contribution >= 0.6 is 11.8 Å². The lowest BCUT2D eigenvalue weighted by molar-refractivity contribution is -0.118. The Morgan fingerprint density at radius 3 is 2.78 bits per heavy atom. The fourth-order valence-corrected chi connectivity index (χ4v) is 1.95. The normalized spacial score (nSPS) is 10.8. The van der Waals surface area contributed by atoms with Crippen molar-refractivity contribution >= 4 is 17.7 Å². The molecule has 0 unspecified atom stereocenters. The Hall–Kier alpha value is -1.47. The minimum absolute atomic E-state index is 0.0253. The summed E-state index contributed by atoms with van der Waals surface area (Å²) in [6.45, 7) is 6.73. The van der Waals surface area contributed by atoms with Crippen LogP contribution in [0.25, 0.3) is 0 Å². The number of carbonyl (C=O) groups is 1. The van der Waals surface area contributed by atoms with Crippen LogP contribution in [-0.2, 0) is 11.3 Å². The van der Waals surface area contributed by atoms with E-state index in [0.717, 1.165) is 5.56 Å². The van der Waals surface area contributed by atoms with Crippen LogP contribution in [0.5, 0.6) is 0 Å². The first-order valence-electron chi connectivity index (χ1n) is 5.80. The highest BCUT2D eigenvalue weighted by atomic mass is 32.2. The summed E-state index contributed by atoms with van der Waals surface area (Å²) < 4.78 is 0.0953. The number of nitrogens with zero attached hydrogens (tertiary/aromatic N) is 1. The fourth-order valence-electron chi connectivity index (χ4n) is 1.28. The summed E-state index contributed by atoms with van der Waals surface area (Å²) in [6, 6.07) is 9.35. The van der Waals surface area contributed by atoms with E-state index >= 15 is 0 Å². The summed E-state index contributed by atoms with van der Waals surface area (Å²) in [5, 5.41) is 11.6. The van der Waals surface area contributed by atoms with Gasteiger partial charge in [-0.25, -0.2) is 0 Å². The van der Waals surface area contributed by atoms with Crippen LogP contribution in [0.2, 0.25) is 0 Å². The van der Waals surface area contributed by atoms with Gasteiger partial charge in [-0.15, -0.1) is 11.8 Å². The van der Waals surface area contributed by atoms with Crippen LogP contribution in [0.15, 0.2) is 24.3 Å². The molecule has 0 saturated carbocycles.